The highest BCUT2D eigenvalue weighted by atomic mass is 32.1. The molecule has 4 N–H and O–H groups in total. The molecule has 1 aromatic carbocycles. The predicted octanol–water partition coefficient (Wildman–Crippen LogP) is 1.84. The van der Waals surface area contributed by atoms with Gasteiger partial charge >= 0.3 is 0 Å². The fourth-order valence-electron chi connectivity index (χ4n) is 2.92. The van der Waals surface area contributed by atoms with E-state index in [1.165, 1.54) is 11.3 Å². The molecule has 3 heterocycles. The number of pyridine rings is 1. The molecule has 0 saturated heterocycles. The Morgan fingerprint density at radius 1 is 1.25 bits per heavy atom. The lowest BCUT2D eigenvalue weighted by molar-refractivity contribution is -0.106. The Morgan fingerprint density at radius 2 is 2.04 bits per heavy atom. The first-order valence-corrected chi connectivity index (χ1v) is 9.48. The summed E-state index contributed by atoms with van der Waals surface area (Å²) in [5.41, 5.74) is 9.93. The molecule has 0 atom stereocenters. The van der Waals surface area contributed by atoms with E-state index >= 15 is 0 Å². The van der Waals surface area contributed by atoms with Gasteiger partial charge in [0.2, 0.25) is 5.88 Å². The van der Waals surface area contributed by atoms with Gasteiger partial charge in [-0.3, -0.25) is 5.41 Å². The largest absolute Gasteiger partial charge is 0.472 e. The molecule has 0 fully saturated rings. The summed E-state index contributed by atoms with van der Waals surface area (Å²) in [6.45, 7) is 2.34. The van der Waals surface area contributed by atoms with Crippen LogP contribution in [0.25, 0.3) is 16.1 Å². The summed E-state index contributed by atoms with van der Waals surface area (Å²) in [5.74, 6) is 0.699. The van der Waals surface area contributed by atoms with Gasteiger partial charge in [0.1, 0.15) is 11.6 Å². The van der Waals surface area contributed by atoms with Gasteiger partial charge in [0.15, 0.2) is 4.88 Å². The van der Waals surface area contributed by atoms with E-state index < -0.39 is 0 Å². The van der Waals surface area contributed by atoms with Gasteiger partial charge in [-0.05, 0) is 29.6 Å². The Kier molecular flexibility index (Phi) is 4.86. The maximum atomic E-state index is 6.10. The van der Waals surface area contributed by atoms with Crippen molar-refractivity contribution < 1.29 is 10.1 Å². The van der Waals surface area contributed by atoms with Crippen molar-refractivity contribution in [3.8, 4) is 16.5 Å². The minimum absolute atomic E-state index is 0.267. The summed E-state index contributed by atoms with van der Waals surface area (Å²) in [6, 6.07) is 15.8. The number of nitrogens with zero attached hydrogens (tertiary/aromatic N) is 4. The van der Waals surface area contributed by atoms with Crippen molar-refractivity contribution in [3.63, 3.8) is 0 Å². The molecule has 7 nitrogen and oxygen atoms in total. The standard InChI is InChI=1S/C20H18N6OS/c1-13-16(15-9-5-6-10-26(15)25-13)20-24-19(17(28-20)18(22)23-12-21)27-11-14-7-3-2-4-8-14/h2-10,12H,11H2,1H3,(H3,21,22,23)/p+1. The van der Waals surface area contributed by atoms with E-state index in [0.717, 1.165) is 33.7 Å². The molecule has 0 unspecified atom stereocenters. The van der Waals surface area contributed by atoms with Gasteiger partial charge in [0.05, 0.1) is 16.8 Å². The number of fused-ring (bicyclic) bond motifs is 1. The fourth-order valence-corrected chi connectivity index (χ4v) is 3.94. The third-order valence-electron chi connectivity index (χ3n) is 4.19. The van der Waals surface area contributed by atoms with Crippen LogP contribution in [0.3, 0.4) is 0 Å². The molecule has 0 aliphatic heterocycles. The molecule has 4 aromatic rings. The Balaban J connectivity index is 1.77. The van der Waals surface area contributed by atoms with Crippen molar-refractivity contribution in [2.24, 2.45) is 10.7 Å². The first kappa shape index (κ1) is 17.9. The van der Waals surface area contributed by atoms with Crippen LogP contribution in [0.5, 0.6) is 5.88 Å². The third-order valence-corrected chi connectivity index (χ3v) is 5.27. The topological polar surface area (TPSA) is 103 Å². The number of amidine groups is 1. The molecule has 3 aromatic heterocycles. The summed E-state index contributed by atoms with van der Waals surface area (Å²) in [4.78, 5) is 9.36. The van der Waals surface area contributed by atoms with E-state index in [9.17, 15) is 0 Å². The number of hydrogen-bond acceptors (Lipinski definition) is 4. The Morgan fingerprint density at radius 3 is 2.82 bits per heavy atom. The second kappa shape index (κ2) is 7.61. The van der Waals surface area contributed by atoms with Crippen molar-refractivity contribution in [3.05, 3.63) is 70.9 Å². The SMILES string of the molecule is Cc1nn2ccccc2c1-c1nc(OCc2ccccc2)c(C(N)=NC=[NH2+])s1. The fraction of sp³-hybridized carbons (Fsp3) is 0.100. The van der Waals surface area contributed by atoms with Gasteiger partial charge < -0.3 is 10.5 Å². The first-order valence-electron chi connectivity index (χ1n) is 8.66. The number of hydrogen-bond donors (Lipinski definition) is 2. The predicted molar refractivity (Wildman–Crippen MR) is 111 cm³/mol. The summed E-state index contributed by atoms with van der Waals surface area (Å²) < 4.78 is 7.81. The first-order chi connectivity index (χ1) is 13.7. The van der Waals surface area contributed by atoms with E-state index in [1.807, 2.05) is 66.2 Å². The van der Waals surface area contributed by atoms with E-state index in [4.69, 9.17) is 20.9 Å². The second-order valence-corrected chi connectivity index (χ2v) is 7.08. The number of aryl methyl sites for hydroxylation is 1. The molecule has 0 aliphatic rings. The molecule has 0 radical (unpaired) electrons. The molecular formula is C20H19N6OS+. The molecule has 8 heteroatoms. The van der Waals surface area contributed by atoms with E-state index in [0.29, 0.717) is 17.4 Å². The molecule has 0 bridgehead atoms. The summed E-state index contributed by atoms with van der Waals surface area (Å²) in [6.07, 6.45) is 3.07. The zero-order valence-electron chi connectivity index (χ0n) is 15.2. The van der Waals surface area contributed by atoms with E-state index in [-0.39, 0.29) is 5.84 Å². The molecule has 0 amide bonds. The normalized spacial score (nSPS) is 11.7. The second-order valence-electron chi connectivity index (χ2n) is 6.08. The zero-order valence-corrected chi connectivity index (χ0v) is 16.1. The van der Waals surface area contributed by atoms with Crippen LogP contribution >= 0.6 is 11.3 Å². The minimum Gasteiger partial charge on any atom is -0.472 e. The lowest BCUT2D eigenvalue weighted by Crippen LogP contribution is -2.30. The van der Waals surface area contributed by atoms with Crippen LogP contribution in [0.1, 0.15) is 16.1 Å². The van der Waals surface area contributed by atoms with Crippen LogP contribution in [-0.2, 0) is 6.61 Å². The van der Waals surface area contributed by atoms with Crippen LogP contribution in [0.15, 0.2) is 59.7 Å². The van der Waals surface area contributed by atoms with Crippen LogP contribution in [-0.4, -0.2) is 26.8 Å². The molecule has 0 saturated carbocycles. The maximum Gasteiger partial charge on any atom is 0.280 e. The highest BCUT2D eigenvalue weighted by Gasteiger charge is 2.23. The van der Waals surface area contributed by atoms with Crippen LogP contribution in [0.4, 0.5) is 0 Å². The monoisotopic (exact) mass is 391 g/mol. The highest BCUT2D eigenvalue weighted by molar-refractivity contribution is 7.17. The van der Waals surface area contributed by atoms with Crippen molar-refractivity contribution in [1.82, 2.24) is 14.6 Å². The smallest absolute Gasteiger partial charge is 0.280 e. The van der Waals surface area contributed by atoms with Gasteiger partial charge in [0.25, 0.3) is 12.2 Å². The highest BCUT2D eigenvalue weighted by Crippen LogP contribution is 2.36. The van der Waals surface area contributed by atoms with Gasteiger partial charge in [-0.15, -0.1) is 11.3 Å². The lowest BCUT2D eigenvalue weighted by atomic mass is 10.2. The number of thiazole rings is 1. The van der Waals surface area contributed by atoms with Crippen molar-refractivity contribution >= 4 is 29.0 Å². The Bertz CT molecular complexity index is 1160. The molecule has 4 rings (SSSR count). The van der Waals surface area contributed by atoms with Crippen molar-refractivity contribution in [2.45, 2.75) is 13.5 Å². The number of benzene rings is 1. The molecule has 140 valence electrons. The van der Waals surface area contributed by atoms with Crippen LogP contribution in [0, 0.1) is 6.92 Å². The minimum atomic E-state index is 0.267. The van der Waals surface area contributed by atoms with Crippen LogP contribution in [0.2, 0.25) is 0 Å². The number of ether oxygens (including phenoxy) is 1. The summed E-state index contributed by atoms with van der Waals surface area (Å²) >= 11 is 1.41. The third kappa shape index (κ3) is 3.37. The van der Waals surface area contributed by atoms with Crippen LogP contribution < -0.4 is 15.9 Å². The quantitative estimate of drug-likeness (QED) is 0.387. The summed E-state index contributed by atoms with van der Waals surface area (Å²) in [5, 5.41) is 10.7. The Labute approximate surface area is 165 Å². The summed E-state index contributed by atoms with van der Waals surface area (Å²) in [7, 11) is 0. The lowest BCUT2D eigenvalue weighted by Gasteiger charge is -2.04. The van der Waals surface area contributed by atoms with Gasteiger partial charge in [-0.2, -0.15) is 5.10 Å². The van der Waals surface area contributed by atoms with Gasteiger partial charge in [0, 0.05) is 6.20 Å². The molecule has 28 heavy (non-hydrogen) atoms. The van der Waals surface area contributed by atoms with Gasteiger partial charge in [-0.1, -0.05) is 36.4 Å². The average molecular weight is 391 g/mol. The van der Waals surface area contributed by atoms with Crippen molar-refractivity contribution in [1.29, 1.82) is 0 Å². The number of aliphatic imine (C=N–C) groups is 1. The number of nitrogens with two attached hydrogens (primary N) is 2. The number of aromatic nitrogens is 3. The number of rotatable bonds is 6. The Hall–Kier alpha value is -3.52. The zero-order chi connectivity index (χ0) is 19.5. The van der Waals surface area contributed by atoms with E-state index in [2.05, 4.69) is 10.1 Å². The van der Waals surface area contributed by atoms with Gasteiger partial charge in [-0.25, -0.2) is 9.50 Å². The molecule has 0 aliphatic carbocycles. The average Bonchev–Trinajstić information content (AvgIpc) is 3.27. The van der Waals surface area contributed by atoms with E-state index in [1.54, 1.807) is 0 Å². The molecular weight excluding hydrogens is 372 g/mol. The maximum absolute atomic E-state index is 6.10. The van der Waals surface area contributed by atoms with Crippen molar-refractivity contribution in [2.75, 3.05) is 0 Å². The molecule has 0 spiro atoms.